The van der Waals surface area contributed by atoms with Gasteiger partial charge in [-0.25, -0.2) is 4.79 Å². The van der Waals surface area contributed by atoms with Gasteiger partial charge in [-0.3, -0.25) is 13.9 Å². The molecule has 1 aromatic rings. The molecule has 0 amide bonds. The Kier molecular flexibility index (Phi) is 3.41. The zero-order chi connectivity index (χ0) is 13.4. The van der Waals surface area contributed by atoms with E-state index in [0.29, 0.717) is 18.4 Å². The van der Waals surface area contributed by atoms with Gasteiger partial charge in [0.05, 0.1) is 12.2 Å². The molecule has 1 fully saturated rings. The average Bonchev–Trinajstić information content (AvgIpc) is 2.72. The summed E-state index contributed by atoms with van der Waals surface area (Å²) in [5, 5.41) is 9.80. The van der Waals surface area contributed by atoms with Crippen LogP contribution in [0.1, 0.15) is 31.6 Å². The molecule has 0 spiro atoms. The topological polar surface area (TPSA) is 73.5 Å². The van der Waals surface area contributed by atoms with Crippen LogP contribution in [0.25, 0.3) is 0 Å². The molecule has 0 aromatic carbocycles. The molecule has 0 bridgehead atoms. The molecule has 1 aromatic heterocycles. The van der Waals surface area contributed by atoms with E-state index in [1.54, 1.807) is 6.92 Å². The number of hydrogen-bond donors (Lipinski definition) is 1. The van der Waals surface area contributed by atoms with Gasteiger partial charge in [-0.1, -0.05) is 6.92 Å². The summed E-state index contributed by atoms with van der Waals surface area (Å²) in [6.45, 7) is 3.58. The summed E-state index contributed by atoms with van der Waals surface area (Å²) >= 11 is 0. The number of aliphatic hydroxyl groups is 1. The Morgan fingerprint density at radius 2 is 2.17 bits per heavy atom. The molecular weight excluding hydrogens is 236 g/mol. The van der Waals surface area contributed by atoms with E-state index in [4.69, 9.17) is 4.74 Å². The number of aryl methyl sites for hydroxylation is 1. The molecule has 18 heavy (non-hydrogen) atoms. The van der Waals surface area contributed by atoms with Gasteiger partial charge in [0.15, 0.2) is 0 Å². The van der Waals surface area contributed by atoms with E-state index in [2.05, 4.69) is 0 Å². The van der Waals surface area contributed by atoms with Crippen LogP contribution in [0.4, 0.5) is 0 Å². The minimum absolute atomic E-state index is 0.251. The van der Waals surface area contributed by atoms with Gasteiger partial charge in [0.25, 0.3) is 5.56 Å². The van der Waals surface area contributed by atoms with Gasteiger partial charge in [0, 0.05) is 25.2 Å². The summed E-state index contributed by atoms with van der Waals surface area (Å²) in [5.41, 5.74) is -0.239. The van der Waals surface area contributed by atoms with Crippen LogP contribution in [0.5, 0.6) is 0 Å². The van der Waals surface area contributed by atoms with E-state index in [9.17, 15) is 14.7 Å². The summed E-state index contributed by atoms with van der Waals surface area (Å²) < 4.78 is 8.08. The monoisotopic (exact) mass is 254 g/mol. The molecule has 0 saturated carbocycles. The van der Waals surface area contributed by atoms with Gasteiger partial charge >= 0.3 is 5.69 Å². The zero-order valence-corrected chi connectivity index (χ0v) is 10.8. The van der Waals surface area contributed by atoms with Crippen molar-refractivity contribution in [2.24, 2.45) is 7.05 Å². The lowest BCUT2D eigenvalue weighted by molar-refractivity contribution is -0.0222. The molecule has 6 nitrogen and oxygen atoms in total. The summed E-state index contributed by atoms with van der Waals surface area (Å²) in [7, 11) is 1.44. The van der Waals surface area contributed by atoms with Crippen LogP contribution in [0, 0.1) is 6.92 Å². The molecule has 6 heteroatoms. The van der Waals surface area contributed by atoms with E-state index in [0.717, 1.165) is 4.57 Å². The highest BCUT2D eigenvalue weighted by Gasteiger charge is 2.34. The second-order valence-electron chi connectivity index (χ2n) is 4.71. The first-order valence-electron chi connectivity index (χ1n) is 6.08. The third-order valence-electron chi connectivity index (χ3n) is 3.40. The van der Waals surface area contributed by atoms with E-state index in [1.807, 2.05) is 6.92 Å². The second kappa shape index (κ2) is 4.70. The molecule has 1 unspecified atom stereocenters. The van der Waals surface area contributed by atoms with E-state index in [-0.39, 0.29) is 11.7 Å². The summed E-state index contributed by atoms with van der Waals surface area (Å²) in [4.78, 5) is 23.6. The van der Waals surface area contributed by atoms with Crippen molar-refractivity contribution < 1.29 is 9.84 Å². The summed E-state index contributed by atoms with van der Waals surface area (Å²) in [6, 6.07) is 0. The number of aromatic nitrogens is 2. The molecule has 2 rings (SSSR count). The maximum Gasteiger partial charge on any atom is 0.332 e. The van der Waals surface area contributed by atoms with Gasteiger partial charge in [-0.05, 0) is 13.3 Å². The molecule has 0 radical (unpaired) electrons. The highest BCUT2D eigenvalue weighted by Crippen LogP contribution is 2.29. The number of ether oxygens (including phenoxy) is 1. The van der Waals surface area contributed by atoms with Crippen LogP contribution >= 0.6 is 0 Å². The molecule has 1 aliphatic rings. The largest absolute Gasteiger partial charge is 0.390 e. The number of rotatable bonds is 2. The van der Waals surface area contributed by atoms with Gasteiger partial charge < -0.3 is 9.84 Å². The highest BCUT2D eigenvalue weighted by atomic mass is 16.5. The molecule has 1 aliphatic heterocycles. The normalized spacial score (nSPS) is 27.7. The molecular formula is C12H18N2O4. The van der Waals surface area contributed by atoms with Crippen molar-refractivity contribution in [3.8, 4) is 0 Å². The number of hydrogen-bond acceptors (Lipinski definition) is 4. The maximum absolute atomic E-state index is 12.0. The number of nitrogens with zero attached hydrogens (tertiary/aromatic N) is 2. The Morgan fingerprint density at radius 1 is 1.50 bits per heavy atom. The van der Waals surface area contributed by atoms with Crippen molar-refractivity contribution in [3.63, 3.8) is 0 Å². The smallest absolute Gasteiger partial charge is 0.332 e. The third kappa shape index (κ3) is 2.02. The third-order valence-corrected chi connectivity index (χ3v) is 3.40. The van der Waals surface area contributed by atoms with Crippen molar-refractivity contribution in [1.29, 1.82) is 0 Å². The predicted octanol–water partition coefficient (Wildman–Crippen LogP) is -0.0862. The summed E-state index contributed by atoms with van der Waals surface area (Å²) in [6.07, 6.45) is 1.25. The first-order valence-corrected chi connectivity index (χ1v) is 6.08. The molecule has 1 N–H and O–H groups in total. The summed E-state index contributed by atoms with van der Waals surface area (Å²) in [5.74, 6) is 0. The molecule has 0 aliphatic carbocycles. The van der Waals surface area contributed by atoms with Gasteiger partial charge in [-0.2, -0.15) is 0 Å². The zero-order valence-electron chi connectivity index (χ0n) is 10.8. The lowest BCUT2D eigenvalue weighted by Gasteiger charge is -2.16. The Morgan fingerprint density at radius 3 is 2.72 bits per heavy atom. The Labute approximate surface area is 104 Å². The van der Waals surface area contributed by atoms with Crippen LogP contribution in [-0.2, 0) is 11.8 Å². The fourth-order valence-electron chi connectivity index (χ4n) is 2.30. The Hall–Kier alpha value is -1.40. The standard InChI is InChI=1S/C12H18N2O4/c1-4-9-8(15)5-10(18-9)14-6-7(2)11(16)13(3)12(14)17/h6,8-10,15H,4-5H2,1-3H3/t8?,9-,10-/m1/s1. The maximum atomic E-state index is 12.0. The predicted molar refractivity (Wildman–Crippen MR) is 65.5 cm³/mol. The first-order chi connectivity index (χ1) is 8.45. The van der Waals surface area contributed by atoms with Crippen LogP contribution in [-0.4, -0.2) is 26.4 Å². The Balaban J connectivity index is 2.42. The van der Waals surface area contributed by atoms with Crippen molar-refractivity contribution in [2.45, 2.75) is 45.1 Å². The second-order valence-corrected chi connectivity index (χ2v) is 4.71. The van der Waals surface area contributed by atoms with E-state index >= 15 is 0 Å². The van der Waals surface area contributed by atoms with Crippen LogP contribution < -0.4 is 11.2 Å². The minimum atomic E-state index is -0.565. The van der Waals surface area contributed by atoms with Crippen molar-refractivity contribution in [1.82, 2.24) is 9.13 Å². The SMILES string of the molecule is CC[C@H]1O[C@@H](n2cc(C)c(=O)n(C)c2=O)CC1O. The highest BCUT2D eigenvalue weighted by molar-refractivity contribution is 5.03. The van der Waals surface area contributed by atoms with Crippen LogP contribution in [0.15, 0.2) is 15.8 Å². The van der Waals surface area contributed by atoms with Crippen molar-refractivity contribution >= 4 is 0 Å². The van der Waals surface area contributed by atoms with Crippen LogP contribution in [0.3, 0.4) is 0 Å². The molecule has 1 saturated heterocycles. The van der Waals surface area contributed by atoms with Gasteiger partial charge in [0.1, 0.15) is 6.23 Å². The average molecular weight is 254 g/mol. The first kappa shape index (κ1) is 13.0. The van der Waals surface area contributed by atoms with E-state index < -0.39 is 18.0 Å². The van der Waals surface area contributed by atoms with Gasteiger partial charge in [-0.15, -0.1) is 0 Å². The molecule has 100 valence electrons. The van der Waals surface area contributed by atoms with Crippen LogP contribution in [0.2, 0.25) is 0 Å². The lowest BCUT2D eigenvalue weighted by atomic mass is 10.1. The number of aliphatic hydroxyl groups excluding tert-OH is 1. The van der Waals surface area contributed by atoms with E-state index in [1.165, 1.54) is 17.8 Å². The quantitative estimate of drug-likeness (QED) is 0.800. The minimum Gasteiger partial charge on any atom is -0.390 e. The molecule has 2 heterocycles. The van der Waals surface area contributed by atoms with Crippen molar-refractivity contribution in [3.05, 3.63) is 32.6 Å². The molecule has 3 atom stereocenters. The van der Waals surface area contributed by atoms with Crippen molar-refractivity contribution in [2.75, 3.05) is 0 Å². The fraction of sp³-hybridized carbons (Fsp3) is 0.667. The Bertz CT molecular complexity index is 560. The fourth-order valence-corrected chi connectivity index (χ4v) is 2.30. The lowest BCUT2D eigenvalue weighted by Crippen LogP contribution is -2.40. The van der Waals surface area contributed by atoms with Gasteiger partial charge in [0.2, 0.25) is 0 Å².